The van der Waals surface area contributed by atoms with E-state index in [1.807, 2.05) is 12.2 Å². The number of fused-ring (bicyclic) bond motifs is 1. The van der Waals surface area contributed by atoms with Crippen molar-refractivity contribution < 1.29 is 18.0 Å². The molecule has 0 saturated carbocycles. The number of nitrogens with one attached hydrogen (secondary N) is 1. The molecule has 0 aliphatic heterocycles. The maximum atomic E-state index is 12.7. The van der Waals surface area contributed by atoms with E-state index in [-0.39, 0.29) is 16.0 Å². The van der Waals surface area contributed by atoms with Gasteiger partial charge in [-0.3, -0.25) is 4.79 Å². The zero-order valence-electron chi connectivity index (χ0n) is 11.1. The molecule has 0 unspecified atom stereocenters. The van der Waals surface area contributed by atoms with Gasteiger partial charge >= 0.3 is 6.18 Å². The molecule has 8 heteroatoms. The summed E-state index contributed by atoms with van der Waals surface area (Å²) in [5.74, 6) is -0.452. The number of thiophene rings is 1. The lowest BCUT2D eigenvalue weighted by Crippen LogP contribution is -2.21. The second kappa shape index (κ2) is 5.13. The minimum atomic E-state index is -4.50. The Morgan fingerprint density at radius 3 is 2.82 bits per heavy atom. The van der Waals surface area contributed by atoms with E-state index in [0.717, 1.165) is 30.0 Å². The van der Waals surface area contributed by atoms with Crippen molar-refractivity contribution in [3.63, 3.8) is 0 Å². The quantitative estimate of drug-likeness (QED) is 0.888. The normalized spacial score (nSPS) is 14.4. The Balaban J connectivity index is 1.99. The van der Waals surface area contributed by atoms with Gasteiger partial charge in [-0.1, -0.05) is 12.2 Å². The largest absolute Gasteiger partial charge is 0.417 e. The van der Waals surface area contributed by atoms with Crippen molar-refractivity contribution in [3.8, 4) is 0 Å². The van der Waals surface area contributed by atoms with Crippen molar-refractivity contribution in [1.29, 1.82) is 0 Å². The van der Waals surface area contributed by atoms with Crippen molar-refractivity contribution in [3.05, 3.63) is 46.6 Å². The summed E-state index contributed by atoms with van der Waals surface area (Å²) in [6, 6.07) is 0.916. The number of carbonyl (C=O) groups excluding carboxylic acids is 1. The van der Waals surface area contributed by atoms with Crippen LogP contribution >= 0.6 is 11.3 Å². The van der Waals surface area contributed by atoms with Crippen LogP contribution in [0.3, 0.4) is 0 Å². The molecular formula is C14H10F3N3OS. The number of hydrogen-bond donors (Lipinski definition) is 2. The molecule has 0 atom stereocenters. The van der Waals surface area contributed by atoms with Crippen LogP contribution in [0.25, 0.3) is 10.2 Å². The molecule has 0 saturated heterocycles. The van der Waals surface area contributed by atoms with Crippen LogP contribution < -0.4 is 11.1 Å². The van der Waals surface area contributed by atoms with Crippen LogP contribution in [0, 0.1) is 0 Å². The molecule has 114 valence electrons. The van der Waals surface area contributed by atoms with Crippen LogP contribution in [0.2, 0.25) is 0 Å². The van der Waals surface area contributed by atoms with Crippen LogP contribution in [0.4, 0.5) is 18.9 Å². The molecule has 2 heterocycles. The number of nitrogen functional groups attached to an aromatic ring is 1. The predicted molar refractivity (Wildman–Crippen MR) is 78.3 cm³/mol. The molecule has 4 nitrogen and oxygen atoms in total. The Labute approximate surface area is 127 Å². The summed E-state index contributed by atoms with van der Waals surface area (Å²) in [5.41, 5.74) is 5.60. The molecule has 0 bridgehead atoms. The Morgan fingerprint density at radius 2 is 2.18 bits per heavy atom. The van der Waals surface area contributed by atoms with Gasteiger partial charge < -0.3 is 11.1 Å². The highest BCUT2D eigenvalue weighted by atomic mass is 32.1. The van der Waals surface area contributed by atoms with Gasteiger partial charge in [0.2, 0.25) is 0 Å². The van der Waals surface area contributed by atoms with Crippen LogP contribution in [0.15, 0.2) is 36.2 Å². The Morgan fingerprint density at radius 1 is 1.41 bits per heavy atom. The summed E-state index contributed by atoms with van der Waals surface area (Å²) in [6.07, 6.45) is 2.41. The third-order valence-electron chi connectivity index (χ3n) is 3.15. The maximum absolute atomic E-state index is 12.7. The average molecular weight is 325 g/mol. The third kappa shape index (κ3) is 2.57. The second-order valence-electron chi connectivity index (χ2n) is 4.67. The smallest absolute Gasteiger partial charge is 0.397 e. The molecule has 0 fully saturated rings. The molecule has 1 aliphatic rings. The Bertz CT molecular complexity index is 821. The number of alkyl halides is 3. The molecule has 0 spiro atoms. The molecule has 0 radical (unpaired) electrons. The summed E-state index contributed by atoms with van der Waals surface area (Å²) in [5, 5.41) is 2.80. The summed E-state index contributed by atoms with van der Waals surface area (Å²) >= 11 is 0.968. The number of hydrogen-bond acceptors (Lipinski definition) is 4. The fourth-order valence-corrected chi connectivity index (χ4v) is 3.00. The van der Waals surface area contributed by atoms with E-state index >= 15 is 0 Å². The number of halogens is 3. The molecule has 22 heavy (non-hydrogen) atoms. The second-order valence-corrected chi connectivity index (χ2v) is 5.67. The molecule has 2 aromatic heterocycles. The molecule has 2 aromatic rings. The van der Waals surface area contributed by atoms with Gasteiger partial charge in [-0.25, -0.2) is 4.98 Å². The number of rotatable bonds is 2. The van der Waals surface area contributed by atoms with Gasteiger partial charge in [0.1, 0.15) is 9.71 Å². The topological polar surface area (TPSA) is 68.0 Å². The van der Waals surface area contributed by atoms with Gasteiger partial charge in [-0.2, -0.15) is 13.2 Å². The minimum Gasteiger partial charge on any atom is -0.397 e. The van der Waals surface area contributed by atoms with Crippen molar-refractivity contribution in [1.82, 2.24) is 10.3 Å². The molecule has 1 amide bonds. The Kier molecular flexibility index (Phi) is 3.40. The minimum absolute atomic E-state index is 0.0127. The van der Waals surface area contributed by atoms with Crippen molar-refractivity contribution in [2.75, 3.05) is 5.73 Å². The number of anilines is 1. The number of nitrogens with zero attached hydrogens (tertiary/aromatic N) is 1. The highest BCUT2D eigenvalue weighted by Crippen LogP contribution is 2.37. The first-order chi connectivity index (χ1) is 10.4. The number of allylic oxidation sites excluding steroid dienone is 3. The average Bonchev–Trinajstić information content (AvgIpc) is 3.06. The first-order valence-electron chi connectivity index (χ1n) is 6.29. The Hall–Kier alpha value is -2.35. The van der Waals surface area contributed by atoms with E-state index in [4.69, 9.17) is 5.73 Å². The number of amides is 1. The van der Waals surface area contributed by atoms with E-state index in [1.54, 1.807) is 6.08 Å². The number of aromatic nitrogens is 1. The van der Waals surface area contributed by atoms with E-state index in [1.165, 1.54) is 0 Å². The van der Waals surface area contributed by atoms with Gasteiger partial charge in [-0.05, 0) is 18.6 Å². The third-order valence-corrected chi connectivity index (χ3v) is 4.28. The standard InChI is InChI=1S/C14H10F3N3OS/c15-14(16,17)7-5-9-10(18)11(22-13(9)19-6-7)12(21)20-8-3-1-2-4-8/h1,3-6H,2,18H2,(H,20,21). The van der Waals surface area contributed by atoms with Crippen LogP contribution in [-0.4, -0.2) is 10.9 Å². The number of nitrogens with two attached hydrogens (primary N) is 1. The summed E-state index contributed by atoms with van der Waals surface area (Å²) in [7, 11) is 0. The molecule has 1 aliphatic carbocycles. The van der Waals surface area contributed by atoms with Gasteiger partial charge in [0.15, 0.2) is 0 Å². The van der Waals surface area contributed by atoms with E-state index in [2.05, 4.69) is 10.3 Å². The van der Waals surface area contributed by atoms with E-state index in [9.17, 15) is 18.0 Å². The maximum Gasteiger partial charge on any atom is 0.417 e. The predicted octanol–water partition coefficient (Wildman–Crippen LogP) is 3.47. The van der Waals surface area contributed by atoms with Gasteiger partial charge in [0, 0.05) is 17.3 Å². The van der Waals surface area contributed by atoms with Gasteiger partial charge in [0.25, 0.3) is 5.91 Å². The molecular weight excluding hydrogens is 315 g/mol. The lowest BCUT2D eigenvalue weighted by Gasteiger charge is -2.05. The van der Waals surface area contributed by atoms with Gasteiger partial charge in [0.05, 0.1) is 11.3 Å². The molecule has 3 rings (SSSR count). The monoisotopic (exact) mass is 325 g/mol. The van der Waals surface area contributed by atoms with E-state index in [0.29, 0.717) is 10.5 Å². The highest BCUT2D eigenvalue weighted by molar-refractivity contribution is 7.21. The number of carbonyl (C=O) groups is 1. The zero-order chi connectivity index (χ0) is 15.9. The van der Waals surface area contributed by atoms with Crippen molar-refractivity contribution >= 4 is 33.1 Å². The van der Waals surface area contributed by atoms with Gasteiger partial charge in [-0.15, -0.1) is 11.3 Å². The summed E-state index contributed by atoms with van der Waals surface area (Å²) < 4.78 is 38.1. The summed E-state index contributed by atoms with van der Waals surface area (Å²) in [6.45, 7) is 0. The van der Waals surface area contributed by atoms with E-state index < -0.39 is 17.6 Å². The highest BCUT2D eigenvalue weighted by Gasteiger charge is 2.32. The fourth-order valence-electron chi connectivity index (χ4n) is 2.06. The first-order valence-corrected chi connectivity index (χ1v) is 7.11. The zero-order valence-corrected chi connectivity index (χ0v) is 11.9. The number of pyridine rings is 1. The van der Waals surface area contributed by atoms with Crippen LogP contribution in [-0.2, 0) is 6.18 Å². The lowest BCUT2D eigenvalue weighted by molar-refractivity contribution is -0.137. The summed E-state index contributed by atoms with van der Waals surface area (Å²) in [4.78, 5) is 16.4. The first kappa shape index (κ1) is 14.6. The molecule has 0 aromatic carbocycles. The van der Waals surface area contributed by atoms with Crippen molar-refractivity contribution in [2.24, 2.45) is 0 Å². The van der Waals surface area contributed by atoms with Crippen LogP contribution in [0.5, 0.6) is 0 Å². The molecule has 3 N–H and O–H groups in total. The SMILES string of the molecule is Nc1c(C(=O)NC2=CCC=C2)sc2ncc(C(F)(F)F)cc12. The fraction of sp³-hybridized carbons (Fsp3) is 0.143. The lowest BCUT2D eigenvalue weighted by atomic mass is 10.2. The van der Waals surface area contributed by atoms with Crippen LogP contribution in [0.1, 0.15) is 21.7 Å². The van der Waals surface area contributed by atoms with Crippen molar-refractivity contribution in [2.45, 2.75) is 12.6 Å².